The molecular formula is C20H15F5N4O2. The third kappa shape index (κ3) is 4.00. The number of carbonyl (C=O) groups is 1. The number of aromatic nitrogens is 2. The Labute approximate surface area is 171 Å². The molecule has 0 spiro atoms. The van der Waals surface area contributed by atoms with E-state index in [0.29, 0.717) is 6.07 Å². The molecule has 1 aliphatic heterocycles. The first-order valence-electron chi connectivity index (χ1n) is 9.24. The minimum atomic E-state index is -3.19. The van der Waals surface area contributed by atoms with E-state index in [1.54, 1.807) is 0 Å². The van der Waals surface area contributed by atoms with Crippen molar-refractivity contribution in [3.05, 3.63) is 70.0 Å². The number of nitrogens with zero attached hydrogens (tertiary/aromatic N) is 2. The Morgan fingerprint density at radius 2 is 1.87 bits per heavy atom. The molecule has 1 saturated heterocycles. The molecule has 2 aromatic carbocycles. The number of alkyl halides is 2. The van der Waals surface area contributed by atoms with Crippen LogP contribution < -0.4 is 16.2 Å². The van der Waals surface area contributed by atoms with Gasteiger partial charge in [-0.2, -0.15) is 8.78 Å². The standard InChI is InChI=1S/C20H15F5N4O2/c21-9-4-10(22)6-12(5-9)29-18(15-7-11(8-26-15)27-19(30)17(24)25)28-14-3-1-2-13(23)16(14)20(29)31/h1-6,11,15,17,26H,7-8H2,(H,27,30)/t11-,15+/m1/s1. The van der Waals surface area contributed by atoms with Crippen LogP contribution in [0.2, 0.25) is 0 Å². The van der Waals surface area contributed by atoms with Crippen LogP contribution in [0.15, 0.2) is 41.2 Å². The van der Waals surface area contributed by atoms with E-state index in [4.69, 9.17) is 0 Å². The number of benzene rings is 2. The van der Waals surface area contributed by atoms with Crippen molar-refractivity contribution in [2.75, 3.05) is 6.54 Å². The van der Waals surface area contributed by atoms with Crippen LogP contribution in [-0.4, -0.2) is 34.5 Å². The van der Waals surface area contributed by atoms with Gasteiger partial charge in [0, 0.05) is 18.7 Å². The van der Waals surface area contributed by atoms with Gasteiger partial charge >= 0.3 is 6.43 Å². The topological polar surface area (TPSA) is 76.0 Å². The fourth-order valence-corrected chi connectivity index (χ4v) is 3.67. The van der Waals surface area contributed by atoms with Gasteiger partial charge in [0.2, 0.25) is 0 Å². The summed E-state index contributed by atoms with van der Waals surface area (Å²) in [5, 5.41) is 4.76. The van der Waals surface area contributed by atoms with Crippen molar-refractivity contribution in [3.8, 4) is 5.69 Å². The summed E-state index contributed by atoms with van der Waals surface area (Å²) in [6.07, 6.45) is -3.11. The molecule has 162 valence electrons. The van der Waals surface area contributed by atoms with Crippen molar-refractivity contribution in [2.45, 2.75) is 24.9 Å². The molecule has 1 aromatic heterocycles. The smallest absolute Gasteiger partial charge is 0.315 e. The van der Waals surface area contributed by atoms with Crippen LogP contribution in [0.5, 0.6) is 0 Å². The lowest BCUT2D eigenvalue weighted by Gasteiger charge is -2.19. The van der Waals surface area contributed by atoms with E-state index in [9.17, 15) is 31.5 Å². The summed E-state index contributed by atoms with van der Waals surface area (Å²) in [7, 11) is 0. The summed E-state index contributed by atoms with van der Waals surface area (Å²) >= 11 is 0. The van der Waals surface area contributed by atoms with E-state index < -0.39 is 47.4 Å². The molecule has 0 bridgehead atoms. The average molecular weight is 438 g/mol. The van der Waals surface area contributed by atoms with Crippen LogP contribution in [-0.2, 0) is 4.79 Å². The van der Waals surface area contributed by atoms with Gasteiger partial charge in [-0.1, -0.05) is 6.07 Å². The SMILES string of the molecule is O=C(N[C@H]1CN[C@H](c2nc3cccc(F)c3c(=O)n2-c2cc(F)cc(F)c2)C1)C(F)F. The van der Waals surface area contributed by atoms with E-state index >= 15 is 0 Å². The summed E-state index contributed by atoms with van der Waals surface area (Å²) in [5.41, 5.74) is -1.07. The molecule has 2 heterocycles. The minimum absolute atomic E-state index is 0.00176. The third-order valence-electron chi connectivity index (χ3n) is 4.97. The molecule has 0 unspecified atom stereocenters. The molecule has 0 radical (unpaired) electrons. The molecule has 0 aliphatic carbocycles. The molecule has 3 aromatic rings. The maximum absolute atomic E-state index is 14.4. The zero-order chi connectivity index (χ0) is 22.3. The van der Waals surface area contributed by atoms with Crippen LogP contribution >= 0.6 is 0 Å². The van der Waals surface area contributed by atoms with Gasteiger partial charge in [0.15, 0.2) is 0 Å². The zero-order valence-corrected chi connectivity index (χ0v) is 15.7. The number of nitrogens with one attached hydrogen (secondary N) is 2. The maximum Gasteiger partial charge on any atom is 0.315 e. The Morgan fingerprint density at radius 3 is 2.55 bits per heavy atom. The Kier molecular flexibility index (Phi) is 5.44. The lowest BCUT2D eigenvalue weighted by Crippen LogP contribution is -2.39. The fraction of sp³-hybridized carbons (Fsp3) is 0.250. The molecule has 31 heavy (non-hydrogen) atoms. The van der Waals surface area contributed by atoms with E-state index in [1.165, 1.54) is 12.1 Å². The first-order chi connectivity index (χ1) is 14.7. The van der Waals surface area contributed by atoms with Gasteiger partial charge in [-0.3, -0.25) is 14.2 Å². The summed E-state index contributed by atoms with van der Waals surface area (Å²) in [6, 6.07) is 4.80. The Morgan fingerprint density at radius 1 is 1.16 bits per heavy atom. The Balaban J connectivity index is 1.85. The number of hydrogen-bond acceptors (Lipinski definition) is 4. The zero-order valence-electron chi connectivity index (χ0n) is 15.7. The van der Waals surface area contributed by atoms with E-state index in [0.717, 1.165) is 22.8 Å². The van der Waals surface area contributed by atoms with Crippen molar-refractivity contribution in [1.82, 2.24) is 20.2 Å². The van der Waals surface area contributed by atoms with Crippen molar-refractivity contribution < 1.29 is 26.7 Å². The van der Waals surface area contributed by atoms with Gasteiger partial charge < -0.3 is 10.6 Å². The monoisotopic (exact) mass is 438 g/mol. The fourth-order valence-electron chi connectivity index (χ4n) is 3.67. The largest absolute Gasteiger partial charge is 0.347 e. The van der Waals surface area contributed by atoms with Gasteiger partial charge in [0.25, 0.3) is 11.5 Å². The van der Waals surface area contributed by atoms with Crippen LogP contribution in [0.25, 0.3) is 16.6 Å². The van der Waals surface area contributed by atoms with Gasteiger partial charge in [-0.15, -0.1) is 0 Å². The lowest BCUT2D eigenvalue weighted by atomic mass is 10.1. The van der Waals surface area contributed by atoms with Crippen molar-refractivity contribution in [1.29, 1.82) is 0 Å². The number of fused-ring (bicyclic) bond motifs is 1. The number of rotatable bonds is 4. The van der Waals surface area contributed by atoms with Crippen LogP contribution in [0, 0.1) is 17.5 Å². The summed E-state index contributed by atoms with van der Waals surface area (Å²) in [4.78, 5) is 28.7. The predicted octanol–water partition coefficient (Wildman–Crippen LogP) is 2.59. The summed E-state index contributed by atoms with van der Waals surface area (Å²) in [5.74, 6) is -4.20. The second kappa shape index (κ2) is 8.06. The highest BCUT2D eigenvalue weighted by atomic mass is 19.3. The van der Waals surface area contributed by atoms with E-state index in [1.807, 2.05) is 0 Å². The summed E-state index contributed by atoms with van der Waals surface area (Å²) < 4.78 is 68.0. The van der Waals surface area contributed by atoms with Crippen molar-refractivity contribution in [2.24, 2.45) is 0 Å². The normalized spacial score (nSPS) is 18.6. The number of amides is 1. The van der Waals surface area contributed by atoms with E-state index in [2.05, 4.69) is 15.6 Å². The highest BCUT2D eigenvalue weighted by Gasteiger charge is 2.32. The molecule has 6 nitrogen and oxygen atoms in total. The number of carbonyl (C=O) groups excluding carboxylic acids is 1. The average Bonchev–Trinajstić information content (AvgIpc) is 3.15. The van der Waals surface area contributed by atoms with Gasteiger partial charge in [0.05, 0.1) is 17.2 Å². The molecule has 4 rings (SSSR count). The molecule has 11 heteroatoms. The van der Waals surface area contributed by atoms with Gasteiger partial charge in [-0.05, 0) is 30.7 Å². The van der Waals surface area contributed by atoms with Gasteiger partial charge in [-0.25, -0.2) is 18.2 Å². The molecule has 1 amide bonds. The lowest BCUT2D eigenvalue weighted by molar-refractivity contribution is -0.132. The van der Waals surface area contributed by atoms with Gasteiger partial charge in [0.1, 0.15) is 28.7 Å². The number of hydrogen-bond donors (Lipinski definition) is 2. The molecule has 1 fully saturated rings. The molecule has 1 aliphatic rings. The van der Waals surface area contributed by atoms with E-state index in [-0.39, 0.29) is 35.4 Å². The van der Waals surface area contributed by atoms with Crippen molar-refractivity contribution in [3.63, 3.8) is 0 Å². The third-order valence-corrected chi connectivity index (χ3v) is 4.97. The first-order valence-corrected chi connectivity index (χ1v) is 9.24. The maximum atomic E-state index is 14.4. The summed E-state index contributed by atoms with van der Waals surface area (Å²) in [6.45, 7) is 0.0949. The molecule has 2 atom stereocenters. The highest BCUT2D eigenvalue weighted by Crippen LogP contribution is 2.26. The molecule has 2 N–H and O–H groups in total. The minimum Gasteiger partial charge on any atom is -0.347 e. The second-order valence-corrected chi connectivity index (χ2v) is 7.07. The highest BCUT2D eigenvalue weighted by molar-refractivity contribution is 5.80. The van der Waals surface area contributed by atoms with Crippen molar-refractivity contribution >= 4 is 16.8 Å². The predicted molar refractivity (Wildman–Crippen MR) is 101 cm³/mol. The van der Waals surface area contributed by atoms with Crippen LogP contribution in [0.3, 0.4) is 0 Å². The van der Waals surface area contributed by atoms with Crippen LogP contribution in [0.4, 0.5) is 22.0 Å². The first kappa shape index (κ1) is 20.9. The Hall–Kier alpha value is -3.34. The van der Waals surface area contributed by atoms with Crippen LogP contribution in [0.1, 0.15) is 18.3 Å². The second-order valence-electron chi connectivity index (χ2n) is 7.07. The quantitative estimate of drug-likeness (QED) is 0.614. The number of halogens is 5. The molecular weight excluding hydrogens is 423 g/mol. The Bertz CT molecular complexity index is 1210. The molecule has 0 saturated carbocycles.